The molecule has 2 rings (SSSR count). The molecule has 2 amide bonds. The van der Waals surface area contributed by atoms with Crippen LogP contribution in [-0.4, -0.2) is 18.1 Å². The topological polar surface area (TPSA) is 64.9 Å². The zero-order chi connectivity index (χ0) is 11.4. The standard InChI is InChI=1S/C12H19N3O/c13-8-9-4-3-7-11(9)15-12(16)14-10-5-1-2-6-10/h9-11H,1-7H2,(H2,14,15,16). The average Bonchev–Trinajstić information content (AvgIpc) is 2.88. The van der Waals surface area contributed by atoms with Crippen molar-refractivity contribution >= 4 is 6.03 Å². The first-order chi connectivity index (χ1) is 7.79. The van der Waals surface area contributed by atoms with Gasteiger partial charge >= 0.3 is 6.03 Å². The Morgan fingerprint density at radius 2 is 1.81 bits per heavy atom. The summed E-state index contributed by atoms with van der Waals surface area (Å²) in [5.41, 5.74) is 0. The van der Waals surface area contributed by atoms with Crippen LogP contribution < -0.4 is 10.6 Å². The van der Waals surface area contributed by atoms with E-state index in [1.807, 2.05) is 0 Å². The van der Waals surface area contributed by atoms with E-state index in [-0.39, 0.29) is 18.0 Å². The summed E-state index contributed by atoms with van der Waals surface area (Å²) in [6.07, 6.45) is 7.54. The first-order valence-corrected chi connectivity index (χ1v) is 6.26. The van der Waals surface area contributed by atoms with Crippen molar-refractivity contribution in [2.24, 2.45) is 5.92 Å². The third kappa shape index (κ3) is 2.66. The van der Waals surface area contributed by atoms with Gasteiger partial charge in [-0.05, 0) is 32.1 Å². The van der Waals surface area contributed by atoms with Crippen molar-refractivity contribution in [3.63, 3.8) is 0 Å². The molecular formula is C12H19N3O. The second-order valence-electron chi connectivity index (χ2n) is 4.87. The molecule has 2 fully saturated rings. The summed E-state index contributed by atoms with van der Waals surface area (Å²) in [4.78, 5) is 11.7. The highest BCUT2D eigenvalue weighted by atomic mass is 16.2. The van der Waals surface area contributed by atoms with Crippen molar-refractivity contribution in [1.29, 1.82) is 5.26 Å². The molecule has 0 aromatic rings. The molecule has 0 radical (unpaired) electrons. The van der Waals surface area contributed by atoms with Crippen molar-refractivity contribution in [3.8, 4) is 6.07 Å². The molecule has 16 heavy (non-hydrogen) atoms. The van der Waals surface area contributed by atoms with E-state index in [2.05, 4.69) is 16.7 Å². The molecule has 0 bridgehead atoms. The number of carbonyl (C=O) groups is 1. The SMILES string of the molecule is N#CC1CCCC1NC(=O)NC1CCCC1. The monoisotopic (exact) mass is 221 g/mol. The predicted octanol–water partition coefficient (Wildman–Crippen LogP) is 1.92. The van der Waals surface area contributed by atoms with E-state index in [9.17, 15) is 4.79 Å². The van der Waals surface area contributed by atoms with Crippen molar-refractivity contribution in [2.45, 2.75) is 57.0 Å². The first kappa shape index (κ1) is 11.3. The molecular weight excluding hydrogens is 202 g/mol. The Hall–Kier alpha value is -1.24. The van der Waals surface area contributed by atoms with E-state index in [0.29, 0.717) is 6.04 Å². The maximum atomic E-state index is 11.7. The van der Waals surface area contributed by atoms with Crippen LogP contribution in [0.15, 0.2) is 0 Å². The van der Waals surface area contributed by atoms with Gasteiger partial charge in [0.25, 0.3) is 0 Å². The lowest BCUT2D eigenvalue weighted by Gasteiger charge is -2.18. The molecule has 0 aromatic heterocycles. The molecule has 0 aliphatic heterocycles. The van der Waals surface area contributed by atoms with Crippen LogP contribution in [0.4, 0.5) is 4.79 Å². The number of nitrogens with one attached hydrogen (secondary N) is 2. The molecule has 2 unspecified atom stereocenters. The number of urea groups is 1. The van der Waals surface area contributed by atoms with Crippen LogP contribution in [0.5, 0.6) is 0 Å². The van der Waals surface area contributed by atoms with Crippen molar-refractivity contribution in [3.05, 3.63) is 0 Å². The molecule has 2 aliphatic carbocycles. The van der Waals surface area contributed by atoms with E-state index >= 15 is 0 Å². The maximum absolute atomic E-state index is 11.7. The van der Waals surface area contributed by atoms with Gasteiger partial charge < -0.3 is 10.6 Å². The third-order valence-electron chi connectivity index (χ3n) is 3.69. The molecule has 2 saturated carbocycles. The largest absolute Gasteiger partial charge is 0.335 e. The molecule has 0 saturated heterocycles. The Balaban J connectivity index is 1.76. The van der Waals surface area contributed by atoms with Crippen LogP contribution in [0.25, 0.3) is 0 Å². The number of nitrogens with zero attached hydrogens (tertiary/aromatic N) is 1. The minimum absolute atomic E-state index is 0.00864. The van der Waals surface area contributed by atoms with E-state index in [0.717, 1.165) is 32.1 Å². The minimum Gasteiger partial charge on any atom is -0.335 e. The highest BCUT2D eigenvalue weighted by Crippen LogP contribution is 2.24. The molecule has 2 aliphatic rings. The van der Waals surface area contributed by atoms with E-state index in [1.54, 1.807) is 0 Å². The summed E-state index contributed by atoms with van der Waals surface area (Å²) >= 11 is 0. The molecule has 0 aromatic carbocycles. The Bertz CT molecular complexity index is 291. The molecule has 88 valence electrons. The fourth-order valence-corrected chi connectivity index (χ4v) is 2.75. The molecule has 0 spiro atoms. The van der Waals surface area contributed by atoms with Crippen molar-refractivity contribution < 1.29 is 4.79 Å². The van der Waals surface area contributed by atoms with Gasteiger partial charge in [0, 0.05) is 12.1 Å². The van der Waals surface area contributed by atoms with Gasteiger partial charge in [0.1, 0.15) is 0 Å². The molecule has 0 heterocycles. The van der Waals surface area contributed by atoms with Crippen LogP contribution in [0.3, 0.4) is 0 Å². The minimum atomic E-state index is -0.0842. The number of carbonyl (C=O) groups excluding carboxylic acids is 1. The number of rotatable bonds is 2. The fourth-order valence-electron chi connectivity index (χ4n) is 2.75. The van der Waals surface area contributed by atoms with Gasteiger partial charge in [0.2, 0.25) is 0 Å². The number of hydrogen-bond donors (Lipinski definition) is 2. The normalized spacial score (nSPS) is 29.9. The fraction of sp³-hybridized carbons (Fsp3) is 0.833. The second-order valence-corrected chi connectivity index (χ2v) is 4.87. The number of nitriles is 1. The summed E-state index contributed by atoms with van der Waals surface area (Å²) in [6, 6.07) is 2.60. The highest BCUT2D eigenvalue weighted by molar-refractivity contribution is 5.74. The average molecular weight is 221 g/mol. The predicted molar refractivity (Wildman–Crippen MR) is 60.7 cm³/mol. The second kappa shape index (κ2) is 5.20. The third-order valence-corrected chi connectivity index (χ3v) is 3.69. The zero-order valence-electron chi connectivity index (χ0n) is 9.54. The van der Waals surface area contributed by atoms with Crippen LogP contribution in [0, 0.1) is 17.2 Å². The van der Waals surface area contributed by atoms with E-state index < -0.39 is 0 Å². The number of hydrogen-bond acceptors (Lipinski definition) is 2. The van der Waals surface area contributed by atoms with Gasteiger partial charge in [-0.15, -0.1) is 0 Å². The highest BCUT2D eigenvalue weighted by Gasteiger charge is 2.29. The first-order valence-electron chi connectivity index (χ1n) is 6.26. The summed E-state index contributed by atoms with van der Waals surface area (Å²) in [6.45, 7) is 0. The number of amides is 2. The Morgan fingerprint density at radius 1 is 1.06 bits per heavy atom. The van der Waals surface area contributed by atoms with E-state index in [4.69, 9.17) is 5.26 Å². The van der Waals surface area contributed by atoms with Crippen LogP contribution in [0.2, 0.25) is 0 Å². The van der Waals surface area contributed by atoms with Gasteiger partial charge in [-0.1, -0.05) is 12.8 Å². The van der Waals surface area contributed by atoms with Gasteiger partial charge in [0.05, 0.1) is 12.0 Å². The van der Waals surface area contributed by atoms with Gasteiger partial charge in [-0.3, -0.25) is 0 Å². The van der Waals surface area contributed by atoms with Crippen molar-refractivity contribution in [1.82, 2.24) is 10.6 Å². The quantitative estimate of drug-likeness (QED) is 0.748. The lowest BCUT2D eigenvalue weighted by molar-refractivity contribution is 0.231. The summed E-state index contributed by atoms with van der Waals surface area (Å²) in [7, 11) is 0. The Morgan fingerprint density at radius 3 is 2.50 bits per heavy atom. The van der Waals surface area contributed by atoms with Crippen LogP contribution in [0.1, 0.15) is 44.9 Å². The molecule has 4 heteroatoms. The summed E-state index contributed by atoms with van der Waals surface area (Å²) < 4.78 is 0. The lowest BCUT2D eigenvalue weighted by atomic mass is 10.1. The molecule has 2 N–H and O–H groups in total. The smallest absolute Gasteiger partial charge is 0.315 e. The molecule has 2 atom stereocenters. The van der Waals surface area contributed by atoms with Gasteiger partial charge in [-0.25, -0.2) is 4.79 Å². The van der Waals surface area contributed by atoms with Crippen LogP contribution >= 0.6 is 0 Å². The van der Waals surface area contributed by atoms with Gasteiger partial charge in [-0.2, -0.15) is 5.26 Å². The van der Waals surface area contributed by atoms with Gasteiger partial charge in [0.15, 0.2) is 0 Å². The molecule has 4 nitrogen and oxygen atoms in total. The Labute approximate surface area is 96.4 Å². The van der Waals surface area contributed by atoms with Crippen molar-refractivity contribution in [2.75, 3.05) is 0 Å². The summed E-state index contributed by atoms with van der Waals surface area (Å²) in [5.74, 6) is 0.00864. The Kier molecular flexibility index (Phi) is 3.66. The maximum Gasteiger partial charge on any atom is 0.315 e. The van der Waals surface area contributed by atoms with Crippen LogP contribution in [-0.2, 0) is 0 Å². The lowest BCUT2D eigenvalue weighted by Crippen LogP contribution is -2.46. The van der Waals surface area contributed by atoms with E-state index in [1.165, 1.54) is 12.8 Å². The summed E-state index contributed by atoms with van der Waals surface area (Å²) in [5, 5.41) is 14.8. The zero-order valence-corrected chi connectivity index (χ0v) is 9.54.